The Kier molecular flexibility index (Phi) is 4.61. The van der Waals surface area contributed by atoms with Gasteiger partial charge in [0.25, 0.3) is 0 Å². The molecule has 0 rings (SSSR count). The molecule has 0 atom stereocenters. The Balaban J connectivity index is 3.92. The van der Waals surface area contributed by atoms with Crippen LogP contribution in [0.1, 0.15) is 6.92 Å². The second-order valence-electron chi connectivity index (χ2n) is 2.48. The van der Waals surface area contributed by atoms with Crippen molar-refractivity contribution in [1.29, 1.82) is 0 Å². The van der Waals surface area contributed by atoms with Gasteiger partial charge < -0.3 is 14.9 Å². The number of carbonyl (C=O) groups is 1. The average Bonchev–Trinajstić information content (AvgIpc) is 1.98. The Morgan fingerprint density at radius 2 is 2.00 bits per heavy atom. The first kappa shape index (κ1) is 10.2. The first-order valence-corrected chi connectivity index (χ1v) is 3.70. The summed E-state index contributed by atoms with van der Waals surface area (Å²) in [6.45, 7) is 2.95. The summed E-state index contributed by atoms with van der Waals surface area (Å²) in [5, 5.41) is 8.59. The SMILES string of the molecule is CCN(CCO)C(=O)N(C)C. The fraction of sp³-hybridized carbons (Fsp3) is 0.857. The molecule has 0 aromatic heterocycles. The number of carbonyl (C=O) groups excluding carboxylic acids is 1. The summed E-state index contributed by atoms with van der Waals surface area (Å²) in [7, 11) is 3.39. The minimum atomic E-state index is -0.0541. The number of amides is 2. The minimum Gasteiger partial charge on any atom is -0.395 e. The van der Waals surface area contributed by atoms with Crippen molar-refractivity contribution in [2.24, 2.45) is 0 Å². The maximum absolute atomic E-state index is 11.2. The summed E-state index contributed by atoms with van der Waals surface area (Å²) in [4.78, 5) is 14.3. The van der Waals surface area contributed by atoms with Crippen LogP contribution in [0, 0.1) is 0 Å². The lowest BCUT2D eigenvalue weighted by Crippen LogP contribution is -2.40. The predicted molar refractivity (Wildman–Crippen MR) is 43.4 cm³/mol. The third kappa shape index (κ3) is 3.23. The molecule has 0 saturated heterocycles. The fourth-order valence-corrected chi connectivity index (χ4v) is 0.793. The lowest BCUT2D eigenvalue weighted by Gasteiger charge is -2.23. The summed E-state index contributed by atoms with van der Waals surface area (Å²) in [5.41, 5.74) is 0. The zero-order valence-electron chi connectivity index (χ0n) is 7.37. The molecule has 0 fully saturated rings. The molecular weight excluding hydrogens is 144 g/mol. The molecule has 0 unspecified atom stereocenters. The summed E-state index contributed by atoms with van der Waals surface area (Å²) < 4.78 is 0. The Labute approximate surface area is 67.4 Å². The smallest absolute Gasteiger partial charge is 0.319 e. The predicted octanol–water partition coefficient (Wildman–Crippen LogP) is -0.0178. The third-order valence-corrected chi connectivity index (χ3v) is 1.40. The number of likely N-dealkylation sites (N-methyl/N-ethyl adjacent to an activating group) is 1. The fourth-order valence-electron chi connectivity index (χ4n) is 0.793. The largest absolute Gasteiger partial charge is 0.395 e. The number of rotatable bonds is 3. The Morgan fingerprint density at radius 1 is 1.45 bits per heavy atom. The number of nitrogens with zero attached hydrogens (tertiary/aromatic N) is 2. The molecule has 4 nitrogen and oxygen atoms in total. The molecule has 0 saturated carbocycles. The highest BCUT2D eigenvalue weighted by atomic mass is 16.3. The van der Waals surface area contributed by atoms with Gasteiger partial charge in [-0.2, -0.15) is 0 Å². The Morgan fingerprint density at radius 3 is 2.27 bits per heavy atom. The average molecular weight is 160 g/mol. The van der Waals surface area contributed by atoms with Crippen LogP contribution in [0.15, 0.2) is 0 Å². The van der Waals surface area contributed by atoms with E-state index in [1.54, 1.807) is 19.0 Å². The first-order valence-electron chi connectivity index (χ1n) is 3.70. The van der Waals surface area contributed by atoms with Crippen LogP contribution in [0.2, 0.25) is 0 Å². The number of hydrogen-bond acceptors (Lipinski definition) is 2. The standard InChI is InChI=1S/C7H16N2O2/c1-4-9(5-6-10)7(11)8(2)3/h10H,4-6H2,1-3H3. The van der Waals surface area contributed by atoms with Gasteiger partial charge in [0.2, 0.25) is 0 Å². The van der Waals surface area contributed by atoms with Crippen LogP contribution in [0.3, 0.4) is 0 Å². The van der Waals surface area contributed by atoms with Crippen molar-refractivity contribution in [2.45, 2.75) is 6.92 Å². The molecule has 0 bridgehead atoms. The van der Waals surface area contributed by atoms with Gasteiger partial charge in [-0.25, -0.2) is 4.79 Å². The normalized spacial score (nSPS) is 9.45. The molecular formula is C7H16N2O2. The van der Waals surface area contributed by atoms with Gasteiger partial charge in [-0.3, -0.25) is 0 Å². The van der Waals surface area contributed by atoms with E-state index in [0.717, 1.165) is 0 Å². The van der Waals surface area contributed by atoms with Gasteiger partial charge in [0.05, 0.1) is 6.61 Å². The van der Waals surface area contributed by atoms with Crippen molar-refractivity contribution in [2.75, 3.05) is 33.8 Å². The molecule has 4 heteroatoms. The lowest BCUT2D eigenvalue weighted by molar-refractivity contribution is 0.158. The van der Waals surface area contributed by atoms with Crippen molar-refractivity contribution in [3.05, 3.63) is 0 Å². The van der Waals surface area contributed by atoms with Crippen LogP contribution in [-0.4, -0.2) is 54.7 Å². The van der Waals surface area contributed by atoms with Crippen LogP contribution in [0.5, 0.6) is 0 Å². The Bertz CT molecular complexity index is 126. The highest BCUT2D eigenvalue weighted by molar-refractivity contribution is 5.73. The molecule has 1 N–H and O–H groups in total. The van der Waals surface area contributed by atoms with Crippen LogP contribution < -0.4 is 0 Å². The van der Waals surface area contributed by atoms with Gasteiger partial charge in [-0.15, -0.1) is 0 Å². The summed E-state index contributed by atoms with van der Waals surface area (Å²) in [6.07, 6.45) is 0. The number of urea groups is 1. The number of aliphatic hydroxyl groups is 1. The zero-order chi connectivity index (χ0) is 8.85. The van der Waals surface area contributed by atoms with Crippen molar-refractivity contribution in [3.8, 4) is 0 Å². The summed E-state index contributed by atoms with van der Waals surface area (Å²) in [5.74, 6) is 0. The van der Waals surface area contributed by atoms with Crippen molar-refractivity contribution < 1.29 is 9.90 Å². The van der Waals surface area contributed by atoms with E-state index in [9.17, 15) is 4.79 Å². The van der Waals surface area contributed by atoms with Crippen molar-refractivity contribution in [3.63, 3.8) is 0 Å². The monoisotopic (exact) mass is 160 g/mol. The lowest BCUT2D eigenvalue weighted by atomic mass is 10.5. The maximum Gasteiger partial charge on any atom is 0.319 e. The molecule has 0 aromatic rings. The van der Waals surface area contributed by atoms with Gasteiger partial charge in [-0.1, -0.05) is 0 Å². The highest BCUT2D eigenvalue weighted by Crippen LogP contribution is 1.92. The van der Waals surface area contributed by atoms with Crippen LogP contribution in [0.4, 0.5) is 4.79 Å². The van der Waals surface area contributed by atoms with E-state index in [-0.39, 0.29) is 12.6 Å². The highest BCUT2D eigenvalue weighted by Gasteiger charge is 2.11. The van der Waals surface area contributed by atoms with Gasteiger partial charge in [-0.05, 0) is 6.92 Å². The third-order valence-electron chi connectivity index (χ3n) is 1.40. The molecule has 0 aliphatic rings. The molecule has 2 amide bonds. The van der Waals surface area contributed by atoms with Crippen molar-refractivity contribution >= 4 is 6.03 Å². The minimum absolute atomic E-state index is 0.0212. The van der Waals surface area contributed by atoms with E-state index in [0.29, 0.717) is 13.1 Å². The van der Waals surface area contributed by atoms with E-state index in [2.05, 4.69) is 0 Å². The van der Waals surface area contributed by atoms with Gasteiger partial charge in [0, 0.05) is 27.2 Å². The molecule has 0 radical (unpaired) electrons. The molecule has 11 heavy (non-hydrogen) atoms. The van der Waals surface area contributed by atoms with E-state index in [1.807, 2.05) is 6.92 Å². The van der Waals surface area contributed by atoms with E-state index in [1.165, 1.54) is 4.90 Å². The quantitative estimate of drug-likeness (QED) is 0.630. The number of aliphatic hydroxyl groups excluding tert-OH is 1. The van der Waals surface area contributed by atoms with Gasteiger partial charge >= 0.3 is 6.03 Å². The van der Waals surface area contributed by atoms with Crippen LogP contribution in [-0.2, 0) is 0 Å². The first-order chi connectivity index (χ1) is 5.13. The molecule has 0 aliphatic carbocycles. The van der Waals surface area contributed by atoms with Gasteiger partial charge in [0.15, 0.2) is 0 Å². The van der Waals surface area contributed by atoms with Crippen LogP contribution in [0.25, 0.3) is 0 Å². The molecule has 0 spiro atoms. The zero-order valence-corrected chi connectivity index (χ0v) is 7.37. The maximum atomic E-state index is 11.2. The molecule has 66 valence electrons. The second-order valence-corrected chi connectivity index (χ2v) is 2.48. The van der Waals surface area contributed by atoms with Crippen molar-refractivity contribution in [1.82, 2.24) is 9.80 Å². The van der Waals surface area contributed by atoms with E-state index < -0.39 is 0 Å². The summed E-state index contributed by atoms with van der Waals surface area (Å²) >= 11 is 0. The van der Waals surface area contributed by atoms with E-state index >= 15 is 0 Å². The second kappa shape index (κ2) is 4.96. The summed E-state index contributed by atoms with van der Waals surface area (Å²) in [6, 6.07) is -0.0541. The number of hydrogen-bond donors (Lipinski definition) is 1. The molecule has 0 aromatic carbocycles. The van der Waals surface area contributed by atoms with Crippen LogP contribution >= 0.6 is 0 Å². The van der Waals surface area contributed by atoms with Gasteiger partial charge in [0.1, 0.15) is 0 Å². The molecule has 0 heterocycles. The Hall–Kier alpha value is -0.770. The van der Waals surface area contributed by atoms with E-state index in [4.69, 9.17) is 5.11 Å². The topological polar surface area (TPSA) is 43.8 Å². The molecule has 0 aliphatic heterocycles.